The summed E-state index contributed by atoms with van der Waals surface area (Å²) in [7, 11) is 0. The van der Waals surface area contributed by atoms with Crippen molar-refractivity contribution in [3.8, 4) is 0 Å². The summed E-state index contributed by atoms with van der Waals surface area (Å²) >= 11 is 13.6. The molecule has 0 bridgehead atoms. The maximum atomic E-state index is 5.96. The van der Waals surface area contributed by atoms with Gasteiger partial charge in [0.25, 0.3) is 0 Å². The lowest BCUT2D eigenvalue weighted by molar-refractivity contribution is 0.572. The molecule has 0 amide bonds. The summed E-state index contributed by atoms with van der Waals surface area (Å²) in [5, 5.41) is 5.84. The van der Waals surface area contributed by atoms with Gasteiger partial charge in [-0.3, -0.25) is 0 Å². The van der Waals surface area contributed by atoms with Crippen molar-refractivity contribution in [1.82, 2.24) is 10.3 Å². The molecule has 2 nitrogen and oxygen atoms in total. The summed E-state index contributed by atoms with van der Waals surface area (Å²) in [5.41, 5.74) is 1.08. The van der Waals surface area contributed by atoms with Crippen LogP contribution in [-0.2, 0) is 6.54 Å². The van der Waals surface area contributed by atoms with Crippen LogP contribution in [0.3, 0.4) is 0 Å². The lowest BCUT2D eigenvalue weighted by Gasteiger charge is -2.11. The second kappa shape index (κ2) is 6.02. The van der Waals surface area contributed by atoms with Crippen molar-refractivity contribution < 1.29 is 0 Å². The van der Waals surface area contributed by atoms with E-state index < -0.39 is 0 Å². The van der Waals surface area contributed by atoms with Gasteiger partial charge in [-0.15, -0.1) is 11.3 Å². The first-order chi connectivity index (χ1) is 8.54. The molecule has 96 valence electrons. The summed E-state index contributed by atoms with van der Waals surface area (Å²) < 4.78 is 0. The van der Waals surface area contributed by atoms with E-state index in [0.29, 0.717) is 10.0 Å². The van der Waals surface area contributed by atoms with Gasteiger partial charge in [0, 0.05) is 27.7 Å². The average Bonchev–Trinajstić information content (AvgIpc) is 2.71. The van der Waals surface area contributed by atoms with Gasteiger partial charge in [0.15, 0.2) is 0 Å². The van der Waals surface area contributed by atoms with E-state index in [1.165, 1.54) is 4.88 Å². The Bertz CT molecular complexity index is 519. The van der Waals surface area contributed by atoms with Crippen molar-refractivity contribution in [3.63, 3.8) is 0 Å². The van der Waals surface area contributed by atoms with Crippen LogP contribution in [0, 0.1) is 6.92 Å². The van der Waals surface area contributed by atoms with Gasteiger partial charge in [-0.1, -0.05) is 23.2 Å². The number of nitrogens with one attached hydrogen (secondary N) is 1. The molecule has 0 radical (unpaired) electrons. The molecule has 0 aliphatic heterocycles. The molecule has 0 aliphatic rings. The molecule has 0 saturated carbocycles. The average molecular weight is 301 g/mol. The Morgan fingerprint density at radius 2 is 1.94 bits per heavy atom. The van der Waals surface area contributed by atoms with E-state index in [-0.39, 0.29) is 6.04 Å². The molecule has 1 unspecified atom stereocenters. The smallest absolute Gasteiger partial charge is 0.109 e. The minimum Gasteiger partial charge on any atom is -0.304 e. The third kappa shape index (κ3) is 3.69. The number of hydrogen-bond acceptors (Lipinski definition) is 3. The van der Waals surface area contributed by atoms with Crippen molar-refractivity contribution in [2.24, 2.45) is 0 Å². The fourth-order valence-corrected chi connectivity index (χ4v) is 3.02. The molecular formula is C13H14Cl2N2S. The highest BCUT2D eigenvalue weighted by molar-refractivity contribution is 7.11. The summed E-state index contributed by atoms with van der Waals surface area (Å²) in [6.45, 7) is 4.88. The van der Waals surface area contributed by atoms with Gasteiger partial charge in [-0.25, -0.2) is 4.98 Å². The van der Waals surface area contributed by atoms with Crippen LogP contribution >= 0.6 is 34.5 Å². The Kier molecular flexibility index (Phi) is 4.62. The molecule has 1 aromatic carbocycles. The number of benzene rings is 1. The number of rotatable bonds is 4. The monoisotopic (exact) mass is 300 g/mol. The molecule has 2 aromatic rings. The van der Waals surface area contributed by atoms with Crippen LogP contribution in [0.4, 0.5) is 0 Å². The summed E-state index contributed by atoms with van der Waals surface area (Å²) in [6.07, 6.45) is 1.90. The van der Waals surface area contributed by atoms with Crippen molar-refractivity contribution in [2.45, 2.75) is 26.4 Å². The molecular weight excluding hydrogens is 287 g/mol. The lowest BCUT2D eigenvalue weighted by atomic mass is 10.2. The first-order valence-electron chi connectivity index (χ1n) is 5.65. The zero-order chi connectivity index (χ0) is 13.1. The molecule has 1 atom stereocenters. The van der Waals surface area contributed by atoms with E-state index in [0.717, 1.165) is 17.1 Å². The summed E-state index contributed by atoms with van der Waals surface area (Å²) in [6, 6.07) is 5.79. The minimum atomic E-state index is 0.224. The molecule has 1 heterocycles. The second-order valence-electron chi connectivity index (χ2n) is 4.19. The number of aromatic nitrogens is 1. The summed E-state index contributed by atoms with van der Waals surface area (Å²) in [4.78, 5) is 5.59. The predicted octanol–water partition coefficient (Wildman–Crippen LogP) is 4.61. The third-order valence-corrected chi connectivity index (χ3v) is 4.08. The molecule has 5 heteroatoms. The van der Waals surface area contributed by atoms with E-state index in [9.17, 15) is 0 Å². The van der Waals surface area contributed by atoms with Crippen molar-refractivity contribution >= 4 is 34.5 Å². The molecule has 1 aromatic heterocycles. The van der Waals surface area contributed by atoms with Crippen LogP contribution in [0.15, 0.2) is 24.4 Å². The molecule has 0 aliphatic carbocycles. The van der Waals surface area contributed by atoms with Gasteiger partial charge in [0.2, 0.25) is 0 Å². The molecule has 18 heavy (non-hydrogen) atoms. The van der Waals surface area contributed by atoms with Crippen LogP contribution in [0.5, 0.6) is 0 Å². The Morgan fingerprint density at radius 3 is 2.50 bits per heavy atom. The standard InChI is InChI=1S/C13H14Cl2N2S/c1-8-6-17-13(18-8)9(2)16-7-10-3-11(14)5-12(15)4-10/h3-6,9,16H,7H2,1-2H3. The van der Waals surface area contributed by atoms with Gasteiger partial charge in [-0.05, 0) is 37.6 Å². The zero-order valence-corrected chi connectivity index (χ0v) is 12.5. The molecule has 0 fully saturated rings. The Hall–Kier alpha value is -0.610. The Morgan fingerprint density at radius 1 is 1.28 bits per heavy atom. The number of nitrogens with zero attached hydrogens (tertiary/aromatic N) is 1. The normalized spacial score (nSPS) is 12.7. The van der Waals surface area contributed by atoms with Crippen LogP contribution in [-0.4, -0.2) is 4.98 Å². The highest BCUT2D eigenvalue weighted by Crippen LogP contribution is 2.21. The first kappa shape index (κ1) is 13.8. The van der Waals surface area contributed by atoms with E-state index in [2.05, 4.69) is 24.1 Å². The molecule has 0 spiro atoms. The lowest BCUT2D eigenvalue weighted by Crippen LogP contribution is -2.17. The number of hydrogen-bond donors (Lipinski definition) is 1. The predicted molar refractivity (Wildman–Crippen MR) is 78.6 cm³/mol. The second-order valence-corrected chi connectivity index (χ2v) is 6.33. The van der Waals surface area contributed by atoms with Crippen molar-refractivity contribution in [1.29, 1.82) is 0 Å². The van der Waals surface area contributed by atoms with Crippen LogP contribution in [0.25, 0.3) is 0 Å². The summed E-state index contributed by atoms with van der Waals surface area (Å²) in [5.74, 6) is 0. The molecule has 2 rings (SSSR count). The highest BCUT2D eigenvalue weighted by Gasteiger charge is 2.09. The van der Waals surface area contributed by atoms with E-state index in [1.807, 2.05) is 18.3 Å². The third-order valence-electron chi connectivity index (χ3n) is 2.54. The fourth-order valence-electron chi connectivity index (χ4n) is 1.64. The van der Waals surface area contributed by atoms with Crippen molar-refractivity contribution in [2.75, 3.05) is 0 Å². The molecule has 0 saturated heterocycles. The minimum absolute atomic E-state index is 0.224. The Labute approximate surface area is 121 Å². The van der Waals surface area contributed by atoms with Crippen LogP contribution < -0.4 is 5.32 Å². The quantitative estimate of drug-likeness (QED) is 0.892. The zero-order valence-electron chi connectivity index (χ0n) is 10.2. The Balaban J connectivity index is 1.99. The van der Waals surface area contributed by atoms with Gasteiger partial charge in [0.05, 0.1) is 6.04 Å². The topological polar surface area (TPSA) is 24.9 Å². The number of halogens is 2. The SMILES string of the molecule is Cc1cnc(C(C)NCc2cc(Cl)cc(Cl)c2)s1. The largest absolute Gasteiger partial charge is 0.304 e. The number of aryl methyl sites for hydroxylation is 1. The molecule has 1 N–H and O–H groups in total. The van der Waals surface area contributed by atoms with Gasteiger partial charge in [0.1, 0.15) is 5.01 Å². The van der Waals surface area contributed by atoms with E-state index in [1.54, 1.807) is 17.4 Å². The van der Waals surface area contributed by atoms with Gasteiger partial charge < -0.3 is 5.32 Å². The maximum absolute atomic E-state index is 5.96. The maximum Gasteiger partial charge on any atom is 0.109 e. The van der Waals surface area contributed by atoms with Crippen molar-refractivity contribution in [3.05, 3.63) is 49.9 Å². The van der Waals surface area contributed by atoms with Gasteiger partial charge >= 0.3 is 0 Å². The van der Waals surface area contributed by atoms with E-state index in [4.69, 9.17) is 23.2 Å². The van der Waals surface area contributed by atoms with Crippen LogP contribution in [0.1, 0.15) is 28.4 Å². The first-order valence-corrected chi connectivity index (χ1v) is 7.22. The number of thiazole rings is 1. The fraction of sp³-hybridized carbons (Fsp3) is 0.308. The highest BCUT2D eigenvalue weighted by atomic mass is 35.5. The van der Waals surface area contributed by atoms with E-state index >= 15 is 0 Å². The van der Waals surface area contributed by atoms with Gasteiger partial charge in [-0.2, -0.15) is 0 Å². The van der Waals surface area contributed by atoms with Crippen LogP contribution in [0.2, 0.25) is 10.0 Å².